The van der Waals surface area contributed by atoms with Crippen molar-refractivity contribution in [2.45, 2.75) is 36.8 Å². The standard InChI is InChI=1S/C23H25FN4O2S/c1-5-14-28-21(18-11-6-8-12-19(18)24)26-27-23(28)31-16(3)22(29)25-15(2)17-10-7-9-13-20(17)30-4/h5-13,15-16H,1,14H2,2-4H3,(H,25,29). The summed E-state index contributed by atoms with van der Waals surface area (Å²) in [7, 11) is 1.60. The van der Waals surface area contributed by atoms with Gasteiger partial charge in [-0.2, -0.15) is 0 Å². The number of aromatic nitrogens is 3. The van der Waals surface area contributed by atoms with Gasteiger partial charge in [0.25, 0.3) is 0 Å². The van der Waals surface area contributed by atoms with Crippen LogP contribution in [0.5, 0.6) is 5.75 Å². The molecular formula is C23H25FN4O2S. The van der Waals surface area contributed by atoms with E-state index in [0.29, 0.717) is 23.1 Å². The van der Waals surface area contributed by atoms with Gasteiger partial charge in [0, 0.05) is 12.1 Å². The lowest BCUT2D eigenvalue weighted by molar-refractivity contribution is -0.120. The van der Waals surface area contributed by atoms with Gasteiger partial charge in [-0.1, -0.05) is 48.2 Å². The van der Waals surface area contributed by atoms with Crippen LogP contribution >= 0.6 is 11.8 Å². The predicted octanol–water partition coefficient (Wildman–Crippen LogP) is 4.64. The van der Waals surface area contributed by atoms with E-state index in [9.17, 15) is 9.18 Å². The van der Waals surface area contributed by atoms with E-state index in [-0.39, 0.29) is 17.8 Å². The number of nitrogens with one attached hydrogen (secondary N) is 1. The van der Waals surface area contributed by atoms with Crippen molar-refractivity contribution < 1.29 is 13.9 Å². The second-order valence-corrected chi connectivity index (χ2v) is 8.23. The Morgan fingerprint density at radius 1 is 1.23 bits per heavy atom. The third kappa shape index (κ3) is 5.14. The summed E-state index contributed by atoms with van der Waals surface area (Å²) in [5.74, 6) is 0.587. The largest absolute Gasteiger partial charge is 0.496 e. The summed E-state index contributed by atoms with van der Waals surface area (Å²) < 4.78 is 21.4. The molecule has 0 aliphatic rings. The Balaban J connectivity index is 1.77. The number of amides is 1. The van der Waals surface area contributed by atoms with Gasteiger partial charge >= 0.3 is 0 Å². The van der Waals surface area contributed by atoms with Crippen LogP contribution in [0.15, 0.2) is 66.3 Å². The molecule has 31 heavy (non-hydrogen) atoms. The average Bonchev–Trinajstić information content (AvgIpc) is 3.16. The highest BCUT2D eigenvalue weighted by atomic mass is 32.2. The molecule has 0 radical (unpaired) electrons. The minimum Gasteiger partial charge on any atom is -0.496 e. The van der Waals surface area contributed by atoms with Gasteiger partial charge in [-0.15, -0.1) is 16.8 Å². The summed E-state index contributed by atoms with van der Waals surface area (Å²) >= 11 is 1.26. The highest BCUT2D eigenvalue weighted by Gasteiger charge is 2.23. The molecule has 2 unspecified atom stereocenters. The Bertz CT molecular complexity index is 1070. The number of hydrogen-bond donors (Lipinski definition) is 1. The number of methoxy groups -OCH3 is 1. The van der Waals surface area contributed by atoms with Crippen molar-refractivity contribution in [3.63, 3.8) is 0 Å². The fraction of sp³-hybridized carbons (Fsp3) is 0.261. The highest BCUT2D eigenvalue weighted by molar-refractivity contribution is 8.00. The van der Waals surface area contributed by atoms with E-state index < -0.39 is 5.25 Å². The minimum absolute atomic E-state index is 0.149. The van der Waals surface area contributed by atoms with Gasteiger partial charge < -0.3 is 10.1 Å². The molecule has 0 fully saturated rings. The van der Waals surface area contributed by atoms with Gasteiger partial charge in [-0.3, -0.25) is 9.36 Å². The fourth-order valence-electron chi connectivity index (χ4n) is 3.16. The topological polar surface area (TPSA) is 69.0 Å². The summed E-state index contributed by atoms with van der Waals surface area (Å²) in [6.07, 6.45) is 1.69. The van der Waals surface area contributed by atoms with Gasteiger partial charge in [-0.25, -0.2) is 4.39 Å². The molecule has 1 amide bonds. The molecule has 2 aromatic carbocycles. The lowest BCUT2D eigenvalue weighted by Crippen LogP contribution is -2.33. The molecule has 1 aromatic heterocycles. The normalized spacial score (nSPS) is 12.8. The highest BCUT2D eigenvalue weighted by Crippen LogP contribution is 2.29. The molecule has 0 saturated carbocycles. The van der Waals surface area contributed by atoms with E-state index in [0.717, 1.165) is 11.3 Å². The van der Waals surface area contributed by atoms with Crippen molar-refractivity contribution in [1.82, 2.24) is 20.1 Å². The monoisotopic (exact) mass is 440 g/mol. The zero-order chi connectivity index (χ0) is 22.4. The van der Waals surface area contributed by atoms with Gasteiger partial charge in [0.05, 0.1) is 24.0 Å². The van der Waals surface area contributed by atoms with Crippen molar-refractivity contribution in [3.05, 3.63) is 72.6 Å². The zero-order valence-electron chi connectivity index (χ0n) is 17.7. The predicted molar refractivity (Wildman–Crippen MR) is 120 cm³/mol. The number of nitrogens with zero attached hydrogens (tertiary/aromatic N) is 3. The average molecular weight is 441 g/mol. The van der Waals surface area contributed by atoms with Crippen LogP contribution in [-0.4, -0.2) is 33.0 Å². The summed E-state index contributed by atoms with van der Waals surface area (Å²) in [6.45, 7) is 7.86. The molecule has 6 nitrogen and oxygen atoms in total. The van der Waals surface area contributed by atoms with Crippen molar-refractivity contribution in [3.8, 4) is 17.1 Å². The molecule has 1 heterocycles. The number of hydrogen-bond acceptors (Lipinski definition) is 5. The first-order valence-corrected chi connectivity index (χ1v) is 10.7. The molecule has 0 bridgehead atoms. The maximum absolute atomic E-state index is 14.3. The van der Waals surface area contributed by atoms with Gasteiger partial charge in [0.15, 0.2) is 11.0 Å². The molecule has 0 saturated heterocycles. The van der Waals surface area contributed by atoms with Crippen LogP contribution in [0.2, 0.25) is 0 Å². The number of benzene rings is 2. The SMILES string of the molecule is C=CCn1c(SC(C)C(=O)NC(C)c2ccccc2OC)nnc1-c1ccccc1F. The fourth-order valence-corrected chi connectivity index (χ4v) is 4.02. The van der Waals surface area contributed by atoms with Gasteiger partial charge in [0.2, 0.25) is 5.91 Å². The number of halogens is 1. The Hall–Kier alpha value is -3.13. The van der Waals surface area contributed by atoms with Crippen LogP contribution in [0.3, 0.4) is 0 Å². The molecule has 0 aliphatic heterocycles. The van der Waals surface area contributed by atoms with Crippen molar-refractivity contribution in [2.24, 2.45) is 0 Å². The number of rotatable bonds is 9. The lowest BCUT2D eigenvalue weighted by atomic mass is 10.1. The van der Waals surface area contributed by atoms with Gasteiger partial charge in [0.1, 0.15) is 11.6 Å². The second-order valence-electron chi connectivity index (χ2n) is 6.92. The van der Waals surface area contributed by atoms with E-state index in [1.807, 2.05) is 31.2 Å². The number of para-hydroxylation sites is 1. The van der Waals surface area contributed by atoms with E-state index in [1.54, 1.807) is 42.9 Å². The Morgan fingerprint density at radius 3 is 2.65 bits per heavy atom. The van der Waals surface area contributed by atoms with Gasteiger partial charge in [-0.05, 0) is 32.0 Å². The molecule has 0 aliphatic carbocycles. The lowest BCUT2D eigenvalue weighted by Gasteiger charge is -2.19. The first kappa shape index (κ1) is 22.6. The summed E-state index contributed by atoms with van der Waals surface area (Å²) in [5.41, 5.74) is 1.25. The number of carbonyl (C=O) groups excluding carboxylic acids is 1. The third-order valence-corrected chi connectivity index (χ3v) is 5.84. The molecule has 162 valence electrons. The zero-order valence-corrected chi connectivity index (χ0v) is 18.5. The maximum atomic E-state index is 14.3. The summed E-state index contributed by atoms with van der Waals surface area (Å²) in [4.78, 5) is 12.8. The van der Waals surface area contributed by atoms with Crippen LogP contribution in [0, 0.1) is 5.82 Å². The van der Waals surface area contributed by atoms with Crippen molar-refractivity contribution in [1.29, 1.82) is 0 Å². The number of thioether (sulfide) groups is 1. The number of allylic oxidation sites excluding steroid dienone is 1. The van der Waals surface area contributed by atoms with Crippen LogP contribution in [-0.2, 0) is 11.3 Å². The first-order valence-electron chi connectivity index (χ1n) is 9.85. The Kier molecular flexibility index (Phi) is 7.46. The van der Waals surface area contributed by atoms with E-state index in [2.05, 4.69) is 22.1 Å². The molecule has 0 spiro atoms. The van der Waals surface area contributed by atoms with Crippen LogP contribution < -0.4 is 10.1 Å². The molecule has 3 rings (SSSR count). The van der Waals surface area contributed by atoms with Crippen LogP contribution in [0.1, 0.15) is 25.5 Å². The number of carbonyl (C=O) groups is 1. The molecule has 8 heteroatoms. The Morgan fingerprint density at radius 2 is 1.94 bits per heavy atom. The molecular weight excluding hydrogens is 415 g/mol. The number of ether oxygens (including phenoxy) is 1. The van der Waals surface area contributed by atoms with Crippen molar-refractivity contribution >= 4 is 17.7 Å². The third-order valence-electron chi connectivity index (χ3n) is 4.76. The quantitative estimate of drug-likeness (QED) is 0.388. The maximum Gasteiger partial charge on any atom is 0.233 e. The molecule has 1 N–H and O–H groups in total. The van der Waals surface area contributed by atoms with Crippen LogP contribution in [0.4, 0.5) is 4.39 Å². The first-order chi connectivity index (χ1) is 15.0. The van der Waals surface area contributed by atoms with Crippen molar-refractivity contribution in [2.75, 3.05) is 7.11 Å². The van der Waals surface area contributed by atoms with E-state index in [4.69, 9.17) is 4.74 Å². The molecule has 2 atom stereocenters. The summed E-state index contributed by atoms with van der Waals surface area (Å²) in [5, 5.41) is 11.5. The van der Waals surface area contributed by atoms with Crippen LogP contribution in [0.25, 0.3) is 11.4 Å². The Labute approximate surface area is 185 Å². The second kappa shape index (κ2) is 10.3. The smallest absolute Gasteiger partial charge is 0.233 e. The summed E-state index contributed by atoms with van der Waals surface area (Å²) in [6, 6.07) is 13.7. The molecule has 3 aromatic rings. The minimum atomic E-state index is -0.446. The van der Waals surface area contributed by atoms with E-state index >= 15 is 0 Å². The van der Waals surface area contributed by atoms with E-state index in [1.165, 1.54) is 17.8 Å².